The molecule has 0 amide bonds. The van der Waals surface area contributed by atoms with Gasteiger partial charge in [-0.2, -0.15) is 4.31 Å². The lowest BCUT2D eigenvalue weighted by Crippen LogP contribution is -2.40. The number of carboxylic acid groups (broad SMARTS) is 1. The van der Waals surface area contributed by atoms with Crippen molar-refractivity contribution in [2.45, 2.75) is 31.7 Å². The molecular formula is C13H19NO5S. The molecule has 1 atom stereocenters. The van der Waals surface area contributed by atoms with Crippen molar-refractivity contribution in [2.24, 2.45) is 0 Å². The summed E-state index contributed by atoms with van der Waals surface area (Å²) in [5, 5.41) is 8.93. The van der Waals surface area contributed by atoms with Crippen LogP contribution in [-0.4, -0.2) is 44.0 Å². The van der Waals surface area contributed by atoms with E-state index < -0.39 is 22.0 Å². The van der Waals surface area contributed by atoms with Gasteiger partial charge in [-0.15, -0.1) is 0 Å². The summed E-state index contributed by atoms with van der Waals surface area (Å²) in [6.07, 6.45) is 0. The van der Waals surface area contributed by atoms with Crippen LogP contribution in [0.4, 0.5) is 0 Å². The summed E-state index contributed by atoms with van der Waals surface area (Å²) in [4.78, 5) is 11.0. The fraction of sp³-hybridized carbons (Fsp3) is 0.462. The third-order valence-corrected chi connectivity index (χ3v) is 5.12. The molecule has 0 saturated carbocycles. The maximum absolute atomic E-state index is 12.4. The summed E-state index contributed by atoms with van der Waals surface area (Å²) >= 11 is 0. The predicted octanol–water partition coefficient (Wildman–Crippen LogP) is 1.41. The molecule has 1 rings (SSSR count). The molecule has 1 N–H and O–H groups in total. The van der Waals surface area contributed by atoms with Crippen LogP contribution in [0.2, 0.25) is 0 Å². The number of methoxy groups -OCH3 is 1. The van der Waals surface area contributed by atoms with Crippen LogP contribution < -0.4 is 4.74 Å². The van der Waals surface area contributed by atoms with Crippen molar-refractivity contribution >= 4 is 16.0 Å². The average Bonchev–Trinajstić information content (AvgIpc) is 2.36. The molecule has 0 spiro atoms. The van der Waals surface area contributed by atoms with Gasteiger partial charge in [-0.05, 0) is 44.0 Å². The molecule has 7 heteroatoms. The van der Waals surface area contributed by atoms with Gasteiger partial charge in [0.25, 0.3) is 0 Å². The van der Waals surface area contributed by atoms with Gasteiger partial charge in [0.1, 0.15) is 11.8 Å². The van der Waals surface area contributed by atoms with Gasteiger partial charge in [0.15, 0.2) is 0 Å². The first kappa shape index (κ1) is 16.5. The normalized spacial score (nSPS) is 13.3. The van der Waals surface area contributed by atoms with E-state index in [0.29, 0.717) is 16.9 Å². The molecule has 0 radical (unpaired) electrons. The molecule has 112 valence electrons. The van der Waals surface area contributed by atoms with E-state index in [1.807, 2.05) is 0 Å². The first-order valence-electron chi connectivity index (χ1n) is 5.99. The third-order valence-electron chi connectivity index (χ3n) is 3.22. The highest BCUT2D eigenvalue weighted by Crippen LogP contribution is 2.28. The molecule has 0 aliphatic heterocycles. The van der Waals surface area contributed by atoms with Crippen molar-refractivity contribution in [3.05, 3.63) is 23.3 Å². The lowest BCUT2D eigenvalue weighted by molar-refractivity contribution is -0.140. The van der Waals surface area contributed by atoms with E-state index in [9.17, 15) is 13.2 Å². The SMILES string of the molecule is COc1c(C)cc(S(=O)(=O)N(C)[C@@H](C)C(=O)O)cc1C. The number of aliphatic carboxylic acids is 1. The molecule has 6 nitrogen and oxygen atoms in total. The highest BCUT2D eigenvalue weighted by molar-refractivity contribution is 7.89. The number of aryl methyl sites for hydroxylation is 2. The van der Waals surface area contributed by atoms with Crippen molar-refractivity contribution in [1.29, 1.82) is 0 Å². The fourth-order valence-electron chi connectivity index (χ4n) is 1.91. The van der Waals surface area contributed by atoms with Crippen LogP contribution in [0.25, 0.3) is 0 Å². The Labute approximate surface area is 119 Å². The predicted molar refractivity (Wildman–Crippen MR) is 74.5 cm³/mol. The van der Waals surface area contributed by atoms with Gasteiger partial charge >= 0.3 is 5.97 Å². The van der Waals surface area contributed by atoms with Gasteiger partial charge in [0.05, 0.1) is 12.0 Å². The van der Waals surface area contributed by atoms with Crippen LogP contribution >= 0.6 is 0 Å². The van der Waals surface area contributed by atoms with Gasteiger partial charge in [0, 0.05) is 7.05 Å². The maximum Gasteiger partial charge on any atom is 0.321 e. The Morgan fingerprint density at radius 1 is 1.30 bits per heavy atom. The zero-order chi connectivity index (χ0) is 15.7. The van der Waals surface area contributed by atoms with Gasteiger partial charge < -0.3 is 9.84 Å². The Bertz CT molecular complexity index is 601. The summed E-state index contributed by atoms with van der Waals surface area (Å²) in [7, 11) is -1.09. The second kappa shape index (κ2) is 5.80. The topological polar surface area (TPSA) is 83.9 Å². The molecule has 1 aromatic carbocycles. The molecule has 20 heavy (non-hydrogen) atoms. The number of carboxylic acids is 1. The maximum atomic E-state index is 12.4. The van der Waals surface area contributed by atoms with Crippen molar-refractivity contribution in [3.63, 3.8) is 0 Å². The van der Waals surface area contributed by atoms with Crippen LogP contribution in [0.15, 0.2) is 17.0 Å². The van der Waals surface area contributed by atoms with Crippen molar-refractivity contribution in [2.75, 3.05) is 14.2 Å². The Hall–Kier alpha value is -1.60. The van der Waals surface area contributed by atoms with Crippen molar-refractivity contribution in [1.82, 2.24) is 4.31 Å². The highest BCUT2D eigenvalue weighted by atomic mass is 32.2. The van der Waals surface area contributed by atoms with Crippen LogP contribution in [0.1, 0.15) is 18.1 Å². The summed E-state index contributed by atoms with van der Waals surface area (Å²) in [5.74, 6) is -0.573. The quantitative estimate of drug-likeness (QED) is 0.889. The number of sulfonamides is 1. The molecule has 0 heterocycles. The third kappa shape index (κ3) is 2.94. The number of ether oxygens (including phenoxy) is 1. The standard InChI is InChI=1S/C13H19NO5S/c1-8-6-11(7-9(2)12(8)19-5)20(17,18)14(4)10(3)13(15)16/h6-7,10H,1-5H3,(H,15,16)/t10-/m0/s1. The molecule has 0 aliphatic carbocycles. The van der Waals surface area contributed by atoms with E-state index in [-0.39, 0.29) is 4.90 Å². The van der Waals surface area contributed by atoms with E-state index in [1.165, 1.54) is 33.2 Å². The average molecular weight is 301 g/mol. The Morgan fingerprint density at radius 2 is 1.75 bits per heavy atom. The lowest BCUT2D eigenvalue weighted by Gasteiger charge is -2.22. The number of likely N-dealkylation sites (N-methyl/N-ethyl adjacent to an activating group) is 1. The Morgan fingerprint density at radius 3 is 2.10 bits per heavy atom. The zero-order valence-corrected chi connectivity index (χ0v) is 13.0. The molecule has 0 unspecified atom stereocenters. The van der Waals surface area contributed by atoms with Gasteiger partial charge in [-0.25, -0.2) is 8.42 Å². The molecule has 0 fully saturated rings. The van der Waals surface area contributed by atoms with E-state index in [1.54, 1.807) is 13.8 Å². The van der Waals surface area contributed by atoms with Gasteiger partial charge in [-0.1, -0.05) is 0 Å². The number of rotatable bonds is 5. The zero-order valence-electron chi connectivity index (χ0n) is 12.2. The molecule has 1 aromatic rings. The molecule has 0 bridgehead atoms. The van der Waals surface area contributed by atoms with Gasteiger partial charge in [0.2, 0.25) is 10.0 Å². The number of carbonyl (C=O) groups is 1. The van der Waals surface area contributed by atoms with E-state index in [2.05, 4.69) is 0 Å². The second-order valence-corrected chi connectivity index (χ2v) is 6.62. The Kier molecular flexibility index (Phi) is 4.77. The minimum absolute atomic E-state index is 0.0592. The van der Waals surface area contributed by atoms with Crippen molar-refractivity contribution in [3.8, 4) is 5.75 Å². The summed E-state index contributed by atoms with van der Waals surface area (Å²) in [6.45, 7) is 4.81. The van der Waals surface area contributed by atoms with E-state index in [0.717, 1.165) is 4.31 Å². The van der Waals surface area contributed by atoms with E-state index in [4.69, 9.17) is 9.84 Å². The van der Waals surface area contributed by atoms with Crippen LogP contribution in [-0.2, 0) is 14.8 Å². The molecule has 0 saturated heterocycles. The number of nitrogens with zero attached hydrogens (tertiary/aromatic N) is 1. The Balaban J connectivity index is 3.33. The first-order chi connectivity index (χ1) is 9.12. The van der Waals surface area contributed by atoms with Crippen LogP contribution in [0.5, 0.6) is 5.75 Å². The summed E-state index contributed by atoms with van der Waals surface area (Å²) < 4.78 is 30.8. The molecule has 0 aromatic heterocycles. The first-order valence-corrected chi connectivity index (χ1v) is 7.43. The molecular weight excluding hydrogens is 282 g/mol. The minimum atomic E-state index is -3.86. The van der Waals surface area contributed by atoms with Gasteiger partial charge in [-0.3, -0.25) is 4.79 Å². The van der Waals surface area contributed by atoms with Crippen molar-refractivity contribution < 1.29 is 23.1 Å². The van der Waals surface area contributed by atoms with E-state index >= 15 is 0 Å². The smallest absolute Gasteiger partial charge is 0.321 e. The number of hydrogen-bond donors (Lipinski definition) is 1. The largest absolute Gasteiger partial charge is 0.496 e. The summed E-state index contributed by atoms with van der Waals surface area (Å²) in [6, 6.07) is 1.82. The fourth-order valence-corrected chi connectivity index (χ4v) is 3.40. The minimum Gasteiger partial charge on any atom is -0.496 e. The van der Waals surface area contributed by atoms with Crippen LogP contribution in [0.3, 0.4) is 0 Å². The second-order valence-electron chi connectivity index (χ2n) is 4.63. The lowest BCUT2D eigenvalue weighted by atomic mass is 10.1. The number of hydrogen-bond acceptors (Lipinski definition) is 4. The highest BCUT2D eigenvalue weighted by Gasteiger charge is 2.30. The number of benzene rings is 1. The summed E-state index contributed by atoms with van der Waals surface area (Å²) in [5.41, 5.74) is 1.37. The molecule has 0 aliphatic rings. The monoisotopic (exact) mass is 301 g/mol. The van der Waals surface area contributed by atoms with Crippen LogP contribution in [0, 0.1) is 13.8 Å².